The summed E-state index contributed by atoms with van der Waals surface area (Å²) in [5, 5.41) is 3.36. The van der Waals surface area contributed by atoms with E-state index in [2.05, 4.69) is 44.3 Å². The van der Waals surface area contributed by atoms with E-state index in [-0.39, 0.29) is 24.0 Å². The SMILES string of the molecule is COC(=O)C(NC(C)c1cc(C)cc(C)c1)C(C)C. The van der Waals surface area contributed by atoms with Crippen LogP contribution in [0.25, 0.3) is 0 Å². The van der Waals surface area contributed by atoms with E-state index >= 15 is 0 Å². The van der Waals surface area contributed by atoms with E-state index in [0.717, 1.165) is 0 Å². The van der Waals surface area contributed by atoms with Crippen LogP contribution in [0.3, 0.4) is 0 Å². The minimum Gasteiger partial charge on any atom is -0.468 e. The number of hydrogen-bond donors (Lipinski definition) is 1. The summed E-state index contributed by atoms with van der Waals surface area (Å²) in [6, 6.07) is 6.29. The summed E-state index contributed by atoms with van der Waals surface area (Å²) < 4.78 is 4.86. The van der Waals surface area contributed by atoms with Crippen LogP contribution in [0.15, 0.2) is 18.2 Å². The number of hydrogen-bond acceptors (Lipinski definition) is 3. The largest absolute Gasteiger partial charge is 0.468 e. The summed E-state index contributed by atoms with van der Waals surface area (Å²) >= 11 is 0. The van der Waals surface area contributed by atoms with Gasteiger partial charge in [-0.1, -0.05) is 43.2 Å². The van der Waals surface area contributed by atoms with E-state index in [1.165, 1.54) is 23.8 Å². The molecule has 1 N–H and O–H groups in total. The summed E-state index contributed by atoms with van der Waals surface area (Å²) in [5.41, 5.74) is 3.68. The first-order chi connectivity index (χ1) is 8.85. The molecule has 0 aromatic heterocycles. The van der Waals surface area contributed by atoms with Crippen molar-refractivity contribution in [1.29, 1.82) is 0 Å². The van der Waals surface area contributed by atoms with Gasteiger partial charge in [0.25, 0.3) is 0 Å². The third kappa shape index (κ3) is 4.35. The number of rotatable bonds is 5. The molecule has 0 saturated carbocycles. The Morgan fingerprint density at radius 2 is 1.63 bits per heavy atom. The molecule has 0 aliphatic rings. The molecule has 2 unspecified atom stereocenters. The maximum atomic E-state index is 11.8. The topological polar surface area (TPSA) is 38.3 Å². The molecule has 1 aromatic rings. The highest BCUT2D eigenvalue weighted by molar-refractivity contribution is 5.76. The Morgan fingerprint density at radius 1 is 1.11 bits per heavy atom. The predicted octanol–water partition coefficient (Wildman–Crippen LogP) is 3.15. The molecule has 1 aromatic carbocycles. The molecule has 0 aliphatic heterocycles. The summed E-state index contributed by atoms with van der Waals surface area (Å²) in [5.74, 6) is -0.00738. The van der Waals surface area contributed by atoms with Crippen LogP contribution >= 0.6 is 0 Å². The second-order valence-electron chi connectivity index (χ2n) is 5.55. The third-order valence-electron chi connectivity index (χ3n) is 3.30. The lowest BCUT2D eigenvalue weighted by atomic mass is 9.99. The molecule has 2 atom stereocenters. The maximum absolute atomic E-state index is 11.8. The molecule has 0 amide bonds. The van der Waals surface area contributed by atoms with Gasteiger partial charge in [-0.15, -0.1) is 0 Å². The Labute approximate surface area is 116 Å². The Kier molecular flexibility index (Phi) is 5.55. The van der Waals surface area contributed by atoms with E-state index in [9.17, 15) is 4.79 Å². The molecule has 0 aliphatic carbocycles. The van der Waals surface area contributed by atoms with Gasteiger partial charge >= 0.3 is 5.97 Å². The van der Waals surface area contributed by atoms with E-state index < -0.39 is 0 Å². The van der Waals surface area contributed by atoms with E-state index in [0.29, 0.717) is 0 Å². The van der Waals surface area contributed by atoms with Crippen molar-refractivity contribution < 1.29 is 9.53 Å². The molecule has 0 bridgehead atoms. The lowest BCUT2D eigenvalue weighted by Gasteiger charge is -2.25. The van der Waals surface area contributed by atoms with Crippen LogP contribution in [-0.2, 0) is 9.53 Å². The number of carbonyl (C=O) groups excluding carboxylic acids is 1. The van der Waals surface area contributed by atoms with Crippen molar-refractivity contribution in [1.82, 2.24) is 5.32 Å². The Balaban J connectivity index is 2.87. The minimum atomic E-state index is -0.277. The minimum absolute atomic E-state index is 0.116. The average Bonchev–Trinajstić information content (AvgIpc) is 2.33. The zero-order chi connectivity index (χ0) is 14.6. The molecule has 3 heteroatoms. The van der Waals surface area contributed by atoms with Crippen molar-refractivity contribution in [2.75, 3.05) is 7.11 Å². The van der Waals surface area contributed by atoms with E-state index in [4.69, 9.17) is 4.74 Å². The molecule has 0 saturated heterocycles. The van der Waals surface area contributed by atoms with Gasteiger partial charge in [0, 0.05) is 6.04 Å². The molecular weight excluding hydrogens is 238 g/mol. The van der Waals surface area contributed by atoms with Gasteiger partial charge in [-0.3, -0.25) is 10.1 Å². The second kappa shape index (κ2) is 6.71. The van der Waals surface area contributed by atoms with Gasteiger partial charge in [0.2, 0.25) is 0 Å². The average molecular weight is 263 g/mol. The second-order valence-corrected chi connectivity index (χ2v) is 5.55. The van der Waals surface area contributed by atoms with Gasteiger partial charge in [-0.25, -0.2) is 0 Å². The van der Waals surface area contributed by atoms with Gasteiger partial charge in [0.05, 0.1) is 7.11 Å². The van der Waals surface area contributed by atoms with Crippen LogP contribution < -0.4 is 5.32 Å². The number of aryl methyl sites for hydroxylation is 2. The molecule has 0 radical (unpaired) electrons. The van der Waals surface area contributed by atoms with Gasteiger partial charge in [0.15, 0.2) is 0 Å². The number of carbonyl (C=O) groups is 1. The molecule has 0 fully saturated rings. The number of methoxy groups -OCH3 is 1. The zero-order valence-corrected chi connectivity index (χ0v) is 12.8. The lowest BCUT2D eigenvalue weighted by Crippen LogP contribution is -2.43. The van der Waals surface area contributed by atoms with Crippen molar-refractivity contribution in [3.8, 4) is 0 Å². The van der Waals surface area contributed by atoms with Crippen LogP contribution in [0.5, 0.6) is 0 Å². The number of ether oxygens (including phenoxy) is 1. The summed E-state index contributed by atoms with van der Waals surface area (Å²) in [6.07, 6.45) is 0. The molecule has 19 heavy (non-hydrogen) atoms. The van der Waals surface area contributed by atoms with Crippen molar-refractivity contribution in [2.24, 2.45) is 5.92 Å². The fourth-order valence-corrected chi connectivity index (χ4v) is 2.29. The first-order valence-electron chi connectivity index (χ1n) is 6.77. The quantitative estimate of drug-likeness (QED) is 0.829. The highest BCUT2D eigenvalue weighted by Crippen LogP contribution is 2.18. The highest BCUT2D eigenvalue weighted by Gasteiger charge is 2.24. The van der Waals surface area contributed by atoms with Gasteiger partial charge in [-0.2, -0.15) is 0 Å². The summed E-state index contributed by atoms with van der Waals surface area (Å²) in [4.78, 5) is 11.8. The van der Waals surface area contributed by atoms with E-state index in [1.54, 1.807) is 0 Å². The Bertz CT molecular complexity index is 420. The van der Waals surface area contributed by atoms with Crippen molar-refractivity contribution in [2.45, 2.75) is 46.7 Å². The van der Waals surface area contributed by atoms with E-state index in [1.807, 2.05) is 13.8 Å². The Hall–Kier alpha value is -1.35. The van der Waals surface area contributed by atoms with Crippen molar-refractivity contribution >= 4 is 5.97 Å². The monoisotopic (exact) mass is 263 g/mol. The normalized spacial score (nSPS) is 14.3. The molecule has 3 nitrogen and oxygen atoms in total. The van der Waals surface area contributed by atoms with Crippen LogP contribution in [0.2, 0.25) is 0 Å². The molecule has 106 valence electrons. The first kappa shape index (κ1) is 15.7. The fourth-order valence-electron chi connectivity index (χ4n) is 2.29. The van der Waals surface area contributed by atoms with Gasteiger partial charge < -0.3 is 4.74 Å². The molecule has 1 rings (SSSR count). The number of esters is 1. The molecular formula is C16H25NO2. The smallest absolute Gasteiger partial charge is 0.323 e. The highest BCUT2D eigenvalue weighted by atomic mass is 16.5. The van der Waals surface area contributed by atoms with Crippen LogP contribution in [0.1, 0.15) is 43.5 Å². The fraction of sp³-hybridized carbons (Fsp3) is 0.562. The lowest BCUT2D eigenvalue weighted by molar-refractivity contribution is -0.144. The van der Waals surface area contributed by atoms with Crippen molar-refractivity contribution in [3.63, 3.8) is 0 Å². The molecule has 0 spiro atoms. The standard InChI is InChI=1S/C16H25NO2/c1-10(2)15(16(18)19-6)17-13(5)14-8-11(3)7-12(4)9-14/h7-10,13,15,17H,1-6H3. The Morgan fingerprint density at radius 3 is 2.05 bits per heavy atom. The summed E-state index contributed by atoms with van der Waals surface area (Å²) in [7, 11) is 1.43. The predicted molar refractivity (Wildman–Crippen MR) is 78.1 cm³/mol. The zero-order valence-electron chi connectivity index (χ0n) is 12.8. The van der Waals surface area contributed by atoms with Crippen LogP contribution in [-0.4, -0.2) is 19.1 Å². The van der Waals surface area contributed by atoms with Gasteiger partial charge in [-0.05, 0) is 32.3 Å². The maximum Gasteiger partial charge on any atom is 0.323 e. The summed E-state index contributed by atoms with van der Waals surface area (Å²) in [6.45, 7) is 10.3. The van der Waals surface area contributed by atoms with Gasteiger partial charge in [0.1, 0.15) is 6.04 Å². The molecule has 0 heterocycles. The third-order valence-corrected chi connectivity index (χ3v) is 3.30. The number of nitrogens with one attached hydrogen (secondary N) is 1. The van der Waals surface area contributed by atoms with Crippen LogP contribution in [0, 0.1) is 19.8 Å². The number of benzene rings is 1. The van der Waals surface area contributed by atoms with Crippen molar-refractivity contribution in [3.05, 3.63) is 34.9 Å². The van der Waals surface area contributed by atoms with Crippen LogP contribution in [0.4, 0.5) is 0 Å². The first-order valence-corrected chi connectivity index (χ1v) is 6.77.